The van der Waals surface area contributed by atoms with E-state index in [1.165, 1.54) is 12.4 Å². The Hall–Kier alpha value is -4.26. The molecule has 2 aliphatic rings. The van der Waals surface area contributed by atoms with Crippen LogP contribution in [0, 0.1) is 12.7 Å². The molecule has 0 unspecified atom stereocenters. The maximum absolute atomic E-state index is 15.4. The van der Waals surface area contributed by atoms with Gasteiger partial charge in [0.25, 0.3) is 0 Å². The molecule has 2 aliphatic heterocycles. The number of fused-ring (bicyclic) bond motifs is 3. The number of carbonyl (C=O) groups excluding carboxylic acids is 1. The van der Waals surface area contributed by atoms with Crippen molar-refractivity contribution in [1.82, 2.24) is 25.1 Å². The first-order chi connectivity index (χ1) is 17.2. The van der Waals surface area contributed by atoms with Crippen molar-refractivity contribution in [3.8, 4) is 11.1 Å². The van der Waals surface area contributed by atoms with Gasteiger partial charge in [-0.2, -0.15) is 5.10 Å². The van der Waals surface area contributed by atoms with E-state index in [1.807, 2.05) is 6.07 Å². The first-order valence-electron chi connectivity index (χ1n) is 11.2. The predicted molar refractivity (Wildman–Crippen MR) is 133 cm³/mol. The fourth-order valence-electron chi connectivity index (χ4n) is 4.61. The third-order valence-electron chi connectivity index (χ3n) is 6.41. The fourth-order valence-corrected chi connectivity index (χ4v) is 5.85. The van der Waals surface area contributed by atoms with Crippen LogP contribution in [0.1, 0.15) is 17.0 Å². The van der Waals surface area contributed by atoms with Gasteiger partial charge in [-0.05, 0) is 30.0 Å². The number of amides is 1. The van der Waals surface area contributed by atoms with E-state index in [0.717, 1.165) is 5.69 Å². The van der Waals surface area contributed by atoms with Gasteiger partial charge in [-0.1, -0.05) is 0 Å². The lowest BCUT2D eigenvalue weighted by atomic mass is 9.96. The van der Waals surface area contributed by atoms with E-state index in [4.69, 9.17) is 5.73 Å². The fraction of sp³-hybridized carbons (Fsp3) is 0.217. The molecule has 184 valence electrons. The number of hydrogen-bond acceptors (Lipinski definition) is 8. The summed E-state index contributed by atoms with van der Waals surface area (Å²) in [5.41, 5.74) is 8.96. The monoisotopic (exact) mass is 508 g/mol. The van der Waals surface area contributed by atoms with Gasteiger partial charge in [-0.25, -0.2) is 17.8 Å². The van der Waals surface area contributed by atoms with E-state index in [1.54, 1.807) is 23.7 Å². The number of aromatic nitrogens is 4. The Morgan fingerprint density at radius 1 is 1.14 bits per heavy atom. The standard InChI is InChI=1S/C23H21FN8O3S/c1-11-15(7-27-17-10-36(34,35)31-23(11)17)14-4-12-5-18(28-8-16(12)22(25)21(14)24)29-19-6-13-2-3-26-20(33)9-32(13)30-19/h4-8,31H,2-3,9-10,25H2,1H3,(H,26,33)(H,28,29,30). The number of anilines is 4. The summed E-state index contributed by atoms with van der Waals surface area (Å²) in [6.45, 7) is 2.40. The van der Waals surface area contributed by atoms with Crippen LogP contribution in [0.3, 0.4) is 0 Å². The highest BCUT2D eigenvalue weighted by atomic mass is 32.2. The lowest BCUT2D eigenvalue weighted by Crippen LogP contribution is -2.25. The second-order valence-electron chi connectivity index (χ2n) is 8.83. The maximum atomic E-state index is 15.4. The Kier molecular flexibility index (Phi) is 4.86. The smallest absolute Gasteiger partial charge is 0.241 e. The molecule has 0 fully saturated rings. The van der Waals surface area contributed by atoms with E-state index < -0.39 is 15.8 Å². The second kappa shape index (κ2) is 7.88. The minimum absolute atomic E-state index is 0.0678. The molecule has 0 bridgehead atoms. The van der Waals surface area contributed by atoms with Crippen molar-refractivity contribution < 1.29 is 17.6 Å². The molecule has 5 N–H and O–H groups in total. The largest absolute Gasteiger partial charge is 0.396 e. The quantitative estimate of drug-likeness (QED) is 0.307. The van der Waals surface area contributed by atoms with Gasteiger partial charge in [0.1, 0.15) is 18.1 Å². The van der Waals surface area contributed by atoms with E-state index in [9.17, 15) is 13.2 Å². The number of carbonyl (C=O) groups is 1. The molecule has 36 heavy (non-hydrogen) atoms. The van der Waals surface area contributed by atoms with Gasteiger partial charge in [0.15, 0.2) is 11.6 Å². The van der Waals surface area contributed by atoms with Crippen molar-refractivity contribution in [2.75, 3.05) is 22.3 Å². The summed E-state index contributed by atoms with van der Waals surface area (Å²) in [5.74, 6) is 0.0593. The Morgan fingerprint density at radius 2 is 1.97 bits per heavy atom. The first-order valence-corrected chi connectivity index (χ1v) is 12.8. The number of nitrogens with one attached hydrogen (secondary N) is 3. The lowest BCUT2D eigenvalue weighted by molar-refractivity contribution is -0.121. The minimum Gasteiger partial charge on any atom is -0.396 e. The summed E-state index contributed by atoms with van der Waals surface area (Å²) in [4.78, 5) is 20.4. The van der Waals surface area contributed by atoms with Crippen LogP contribution in [-0.4, -0.2) is 40.6 Å². The van der Waals surface area contributed by atoms with Crippen molar-refractivity contribution in [2.24, 2.45) is 0 Å². The number of nitrogen functional groups attached to an aromatic ring is 1. The molecule has 0 spiro atoms. The normalized spacial score (nSPS) is 16.1. The predicted octanol–water partition coefficient (Wildman–Crippen LogP) is 2.19. The molecule has 0 aliphatic carbocycles. The zero-order valence-corrected chi connectivity index (χ0v) is 19.9. The van der Waals surface area contributed by atoms with Crippen LogP contribution < -0.4 is 21.1 Å². The maximum Gasteiger partial charge on any atom is 0.241 e. The molecule has 13 heteroatoms. The van der Waals surface area contributed by atoms with Crippen molar-refractivity contribution >= 4 is 49.7 Å². The Labute approximate surface area is 205 Å². The van der Waals surface area contributed by atoms with Gasteiger partial charge >= 0.3 is 0 Å². The topological polar surface area (TPSA) is 157 Å². The van der Waals surface area contributed by atoms with Gasteiger partial charge in [0.2, 0.25) is 15.9 Å². The van der Waals surface area contributed by atoms with Crippen LogP contribution in [-0.2, 0) is 33.5 Å². The third kappa shape index (κ3) is 3.68. The van der Waals surface area contributed by atoms with Crippen LogP contribution in [0.25, 0.3) is 21.9 Å². The number of pyridine rings is 2. The zero-order chi connectivity index (χ0) is 25.2. The van der Waals surface area contributed by atoms with E-state index >= 15 is 4.39 Å². The van der Waals surface area contributed by atoms with Gasteiger partial charge in [-0.15, -0.1) is 0 Å². The highest BCUT2D eigenvalue weighted by Gasteiger charge is 2.28. The molecule has 5 heterocycles. The third-order valence-corrected chi connectivity index (χ3v) is 7.58. The molecule has 0 radical (unpaired) electrons. The van der Waals surface area contributed by atoms with Crippen molar-refractivity contribution in [3.63, 3.8) is 0 Å². The Morgan fingerprint density at radius 3 is 2.81 bits per heavy atom. The highest BCUT2D eigenvalue weighted by Crippen LogP contribution is 2.39. The van der Waals surface area contributed by atoms with Gasteiger partial charge in [0, 0.05) is 53.6 Å². The molecule has 0 atom stereocenters. The molecule has 1 aromatic carbocycles. The number of nitrogens with two attached hydrogens (primary N) is 1. The van der Waals surface area contributed by atoms with Gasteiger partial charge in [-0.3, -0.25) is 19.2 Å². The molecule has 1 amide bonds. The number of rotatable bonds is 3. The van der Waals surface area contributed by atoms with E-state index in [0.29, 0.717) is 57.9 Å². The first kappa shape index (κ1) is 22.2. The number of benzene rings is 1. The van der Waals surface area contributed by atoms with Gasteiger partial charge in [0.05, 0.1) is 17.1 Å². The minimum atomic E-state index is -3.50. The summed E-state index contributed by atoms with van der Waals surface area (Å²) in [7, 11) is -3.50. The van der Waals surface area contributed by atoms with Crippen molar-refractivity contribution in [3.05, 3.63) is 53.4 Å². The van der Waals surface area contributed by atoms with Crippen LogP contribution in [0.4, 0.5) is 27.4 Å². The number of halogens is 1. The lowest BCUT2D eigenvalue weighted by Gasteiger charge is -2.14. The van der Waals surface area contributed by atoms with Gasteiger partial charge < -0.3 is 16.4 Å². The number of sulfonamides is 1. The summed E-state index contributed by atoms with van der Waals surface area (Å²) >= 11 is 0. The highest BCUT2D eigenvalue weighted by molar-refractivity contribution is 7.92. The number of nitrogens with zero attached hydrogens (tertiary/aromatic N) is 4. The molecule has 4 aromatic rings. The Balaban J connectivity index is 1.39. The number of hydrogen-bond donors (Lipinski definition) is 4. The van der Waals surface area contributed by atoms with Crippen LogP contribution >= 0.6 is 0 Å². The zero-order valence-electron chi connectivity index (χ0n) is 19.1. The molecule has 0 saturated carbocycles. The van der Waals surface area contributed by atoms with E-state index in [-0.39, 0.29) is 29.5 Å². The molecule has 0 saturated heterocycles. The van der Waals surface area contributed by atoms with Crippen LogP contribution in [0.2, 0.25) is 0 Å². The molecule has 11 nitrogen and oxygen atoms in total. The van der Waals surface area contributed by atoms with Crippen molar-refractivity contribution in [1.29, 1.82) is 0 Å². The van der Waals surface area contributed by atoms with Crippen molar-refractivity contribution in [2.45, 2.75) is 25.6 Å². The summed E-state index contributed by atoms with van der Waals surface area (Å²) < 4.78 is 43.5. The Bertz CT molecular complexity index is 1700. The molecular weight excluding hydrogens is 487 g/mol. The second-order valence-corrected chi connectivity index (χ2v) is 10.5. The summed E-state index contributed by atoms with van der Waals surface area (Å²) in [6, 6.07) is 5.22. The summed E-state index contributed by atoms with van der Waals surface area (Å²) in [5, 5.41) is 11.5. The molecule has 6 rings (SSSR count). The van der Waals surface area contributed by atoms with E-state index in [2.05, 4.69) is 30.4 Å². The summed E-state index contributed by atoms with van der Waals surface area (Å²) in [6.07, 6.45) is 3.61. The molecule has 3 aromatic heterocycles. The average molecular weight is 509 g/mol. The molecular formula is C23H21FN8O3S. The average Bonchev–Trinajstić information content (AvgIpc) is 3.29. The van der Waals surface area contributed by atoms with Crippen LogP contribution in [0.5, 0.6) is 0 Å². The van der Waals surface area contributed by atoms with Crippen LogP contribution in [0.15, 0.2) is 30.6 Å². The SMILES string of the molecule is Cc1c(-c2cc3cc(Nc4cc5n(n4)CC(=O)NCC5)ncc3c(N)c2F)cnc2c1NS(=O)(=O)C2.